The van der Waals surface area contributed by atoms with Gasteiger partial charge < -0.3 is 9.64 Å². The first-order valence-electron chi connectivity index (χ1n) is 5.79. The Balaban J connectivity index is 3.97. The number of esters is 1. The predicted octanol–water partition coefficient (Wildman–Crippen LogP) is 1.98. The molecule has 0 rings (SSSR count). The smallest absolute Gasteiger partial charge is 0.306 e. The lowest BCUT2D eigenvalue weighted by Crippen LogP contribution is -2.31. The molecule has 0 saturated carbocycles. The quantitative estimate of drug-likeness (QED) is 0.677. The summed E-state index contributed by atoms with van der Waals surface area (Å²) in [5.74, 6) is -0.302. The Kier molecular flexibility index (Phi) is 6.08. The second-order valence-corrected chi connectivity index (χ2v) is 4.65. The van der Waals surface area contributed by atoms with Crippen molar-refractivity contribution in [1.29, 1.82) is 0 Å². The molecule has 0 aromatic carbocycles. The molecule has 0 bridgehead atoms. The predicted molar refractivity (Wildman–Crippen MR) is 63.0 cm³/mol. The Labute approximate surface area is 98.0 Å². The van der Waals surface area contributed by atoms with Gasteiger partial charge in [-0.25, -0.2) is 0 Å². The van der Waals surface area contributed by atoms with Crippen LogP contribution < -0.4 is 0 Å². The van der Waals surface area contributed by atoms with Gasteiger partial charge in [-0.2, -0.15) is 0 Å². The number of rotatable bonds is 5. The summed E-state index contributed by atoms with van der Waals surface area (Å²) in [4.78, 5) is 24.7. The Morgan fingerprint density at radius 2 is 1.56 bits per heavy atom. The molecule has 0 aliphatic rings. The zero-order valence-electron chi connectivity index (χ0n) is 11.0. The molecule has 0 aliphatic heterocycles. The molecule has 4 nitrogen and oxygen atoms in total. The van der Waals surface area contributed by atoms with Crippen molar-refractivity contribution in [2.24, 2.45) is 0 Å². The summed E-state index contributed by atoms with van der Waals surface area (Å²) in [6.45, 7) is 10.7. The third kappa shape index (κ3) is 6.43. The second kappa shape index (κ2) is 6.51. The zero-order chi connectivity index (χ0) is 12.8. The molecule has 0 spiro atoms. The van der Waals surface area contributed by atoms with Gasteiger partial charge in [-0.05, 0) is 34.6 Å². The maximum atomic E-state index is 11.6. The monoisotopic (exact) mass is 229 g/mol. The van der Waals surface area contributed by atoms with Crippen LogP contribution in [0.1, 0.15) is 47.5 Å². The summed E-state index contributed by atoms with van der Waals surface area (Å²) in [5.41, 5.74) is -0.477. The molecule has 0 fully saturated rings. The van der Waals surface area contributed by atoms with Gasteiger partial charge in [0.15, 0.2) is 0 Å². The lowest BCUT2D eigenvalue weighted by Gasteiger charge is -2.21. The molecule has 0 aliphatic carbocycles. The maximum absolute atomic E-state index is 11.6. The summed E-state index contributed by atoms with van der Waals surface area (Å²) in [7, 11) is 0. The first-order valence-corrected chi connectivity index (χ1v) is 5.79. The van der Waals surface area contributed by atoms with Crippen LogP contribution in [0.25, 0.3) is 0 Å². The molecule has 0 unspecified atom stereocenters. The first-order chi connectivity index (χ1) is 7.30. The number of amides is 1. The molecule has 0 saturated heterocycles. The van der Waals surface area contributed by atoms with E-state index < -0.39 is 5.60 Å². The van der Waals surface area contributed by atoms with Crippen molar-refractivity contribution in [2.75, 3.05) is 13.1 Å². The largest absolute Gasteiger partial charge is 0.460 e. The average molecular weight is 229 g/mol. The van der Waals surface area contributed by atoms with Gasteiger partial charge in [0, 0.05) is 19.5 Å². The van der Waals surface area contributed by atoms with Crippen molar-refractivity contribution in [3.05, 3.63) is 0 Å². The Morgan fingerprint density at radius 3 is 1.94 bits per heavy atom. The molecule has 0 aromatic rings. The number of carbonyl (C=O) groups excluding carboxylic acids is 2. The van der Waals surface area contributed by atoms with E-state index in [2.05, 4.69) is 0 Å². The number of hydrogen-bond acceptors (Lipinski definition) is 3. The molecule has 0 radical (unpaired) electrons. The Hall–Kier alpha value is -1.06. The van der Waals surface area contributed by atoms with Crippen LogP contribution in [0.4, 0.5) is 0 Å². The van der Waals surface area contributed by atoms with Crippen LogP contribution in [-0.4, -0.2) is 35.5 Å². The SMILES string of the molecule is CCN(CC)C(=O)CCC(=O)OC(C)(C)C. The van der Waals surface area contributed by atoms with Crippen molar-refractivity contribution < 1.29 is 14.3 Å². The third-order valence-corrected chi connectivity index (χ3v) is 2.08. The molecular formula is C12H23NO3. The lowest BCUT2D eigenvalue weighted by molar-refractivity contribution is -0.156. The van der Waals surface area contributed by atoms with Crippen LogP contribution in [0.5, 0.6) is 0 Å². The minimum absolute atomic E-state index is 0.0101. The summed E-state index contributed by atoms with van der Waals surface area (Å²) in [6, 6.07) is 0. The van der Waals surface area contributed by atoms with Gasteiger partial charge in [0.25, 0.3) is 0 Å². The first kappa shape index (κ1) is 14.9. The minimum atomic E-state index is -0.477. The van der Waals surface area contributed by atoms with E-state index in [9.17, 15) is 9.59 Å². The van der Waals surface area contributed by atoms with Crippen LogP contribution in [0.2, 0.25) is 0 Å². The van der Waals surface area contributed by atoms with E-state index in [1.165, 1.54) is 0 Å². The third-order valence-electron chi connectivity index (χ3n) is 2.08. The van der Waals surface area contributed by atoms with Gasteiger partial charge in [0.05, 0.1) is 6.42 Å². The number of nitrogens with zero attached hydrogens (tertiary/aromatic N) is 1. The van der Waals surface area contributed by atoms with Crippen molar-refractivity contribution in [2.45, 2.75) is 53.1 Å². The van der Waals surface area contributed by atoms with Crippen molar-refractivity contribution in [1.82, 2.24) is 4.90 Å². The van der Waals surface area contributed by atoms with Crippen LogP contribution in [-0.2, 0) is 14.3 Å². The topological polar surface area (TPSA) is 46.6 Å². The van der Waals surface area contributed by atoms with E-state index in [1.807, 2.05) is 34.6 Å². The van der Waals surface area contributed by atoms with Gasteiger partial charge in [0.2, 0.25) is 5.91 Å². The van der Waals surface area contributed by atoms with E-state index in [0.717, 1.165) is 0 Å². The van der Waals surface area contributed by atoms with E-state index in [-0.39, 0.29) is 24.7 Å². The van der Waals surface area contributed by atoms with Crippen LogP contribution >= 0.6 is 0 Å². The lowest BCUT2D eigenvalue weighted by atomic mass is 10.2. The average Bonchev–Trinajstić information content (AvgIpc) is 2.14. The Morgan fingerprint density at radius 1 is 1.06 bits per heavy atom. The molecular weight excluding hydrogens is 206 g/mol. The highest BCUT2D eigenvalue weighted by Crippen LogP contribution is 2.09. The van der Waals surface area contributed by atoms with Crippen LogP contribution in [0, 0.1) is 0 Å². The fourth-order valence-electron chi connectivity index (χ4n) is 1.34. The van der Waals surface area contributed by atoms with E-state index in [0.29, 0.717) is 13.1 Å². The highest BCUT2D eigenvalue weighted by molar-refractivity contribution is 5.81. The molecule has 0 aromatic heterocycles. The van der Waals surface area contributed by atoms with Crippen molar-refractivity contribution in [3.8, 4) is 0 Å². The molecule has 0 heterocycles. The Bertz CT molecular complexity index is 239. The molecule has 0 N–H and O–H groups in total. The van der Waals surface area contributed by atoms with Gasteiger partial charge in [0.1, 0.15) is 5.60 Å². The molecule has 0 atom stereocenters. The fraction of sp³-hybridized carbons (Fsp3) is 0.833. The van der Waals surface area contributed by atoms with E-state index in [4.69, 9.17) is 4.74 Å². The van der Waals surface area contributed by atoms with Gasteiger partial charge in [-0.3, -0.25) is 9.59 Å². The number of ether oxygens (including phenoxy) is 1. The summed E-state index contributed by atoms with van der Waals surface area (Å²) < 4.78 is 5.13. The normalized spacial score (nSPS) is 11.1. The van der Waals surface area contributed by atoms with Crippen LogP contribution in [0.15, 0.2) is 0 Å². The molecule has 1 amide bonds. The van der Waals surface area contributed by atoms with E-state index in [1.54, 1.807) is 4.90 Å². The van der Waals surface area contributed by atoms with Crippen molar-refractivity contribution >= 4 is 11.9 Å². The molecule has 94 valence electrons. The molecule has 4 heteroatoms. The van der Waals surface area contributed by atoms with E-state index >= 15 is 0 Å². The number of carbonyl (C=O) groups is 2. The standard InChI is InChI=1S/C12H23NO3/c1-6-13(7-2)10(14)8-9-11(15)16-12(3,4)5/h6-9H2,1-5H3. The van der Waals surface area contributed by atoms with Gasteiger partial charge in [-0.1, -0.05) is 0 Å². The maximum Gasteiger partial charge on any atom is 0.306 e. The van der Waals surface area contributed by atoms with Crippen molar-refractivity contribution in [3.63, 3.8) is 0 Å². The van der Waals surface area contributed by atoms with Gasteiger partial charge in [-0.15, -0.1) is 0 Å². The second-order valence-electron chi connectivity index (χ2n) is 4.65. The summed E-state index contributed by atoms with van der Waals surface area (Å²) >= 11 is 0. The van der Waals surface area contributed by atoms with Crippen LogP contribution in [0.3, 0.4) is 0 Å². The molecule has 16 heavy (non-hydrogen) atoms. The fourth-order valence-corrected chi connectivity index (χ4v) is 1.34. The number of hydrogen-bond donors (Lipinski definition) is 0. The minimum Gasteiger partial charge on any atom is -0.460 e. The summed E-state index contributed by atoms with van der Waals surface area (Å²) in [6.07, 6.45) is 0.392. The highest BCUT2D eigenvalue weighted by atomic mass is 16.6. The highest BCUT2D eigenvalue weighted by Gasteiger charge is 2.18. The summed E-state index contributed by atoms with van der Waals surface area (Å²) in [5, 5.41) is 0. The zero-order valence-corrected chi connectivity index (χ0v) is 11.0. The van der Waals surface area contributed by atoms with Gasteiger partial charge >= 0.3 is 5.97 Å².